The summed E-state index contributed by atoms with van der Waals surface area (Å²) in [6.45, 7) is 0.0894. The third-order valence-corrected chi connectivity index (χ3v) is 2.96. The molecule has 2 aromatic carbocycles. The van der Waals surface area contributed by atoms with Crippen LogP contribution in [0.3, 0.4) is 0 Å². The summed E-state index contributed by atoms with van der Waals surface area (Å²) in [5, 5.41) is 0.358. The summed E-state index contributed by atoms with van der Waals surface area (Å²) in [6, 6.07) is 9.67. The van der Waals surface area contributed by atoms with E-state index < -0.39 is 11.7 Å². The standard InChI is InChI=1S/C14H11ClF3NO/c15-11-2-1-3-12(19)13(11)20-8-9-4-6-10(7-5-9)14(16,17)18/h1-7H,8,19H2. The molecule has 2 aromatic rings. The number of anilines is 1. The number of nitrogens with two attached hydrogens (primary N) is 1. The molecule has 0 aliphatic heterocycles. The van der Waals surface area contributed by atoms with Crippen LogP contribution in [0.1, 0.15) is 11.1 Å². The van der Waals surface area contributed by atoms with E-state index in [9.17, 15) is 13.2 Å². The smallest absolute Gasteiger partial charge is 0.416 e. The van der Waals surface area contributed by atoms with Gasteiger partial charge in [0, 0.05) is 0 Å². The zero-order chi connectivity index (χ0) is 14.8. The Hall–Kier alpha value is -1.88. The van der Waals surface area contributed by atoms with Crippen LogP contribution in [0.4, 0.5) is 18.9 Å². The molecule has 106 valence electrons. The van der Waals surface area contributed by atoms with Crippen molar-refractivity contribution in [1.82, 2.24) is 0 Å². The molecule has 0 spiro atoms. The fraction of sp³-hybridized carbons (Fsp3) is 0.143. The minimum Gasteiger partial charge on any atom is -0.485 e. The van der Waals surface area contributed by atoms with Crippen LogP contribution in [-0.4, -0.2) is 0 Å². The van der Waals surface area contributed by atoms with Crippen molar-refractivity contribution in [3.63, 3.8) is 0 Å². The lowest BCUT2D eigenvalue weighted by atomic mass is 10.1. The second-order valence-corrected chi connectivity index (χ2v) is 4.55. The van der Waals surface area contributed by atoms with Gasteiger partial charge in [-0.2, -0.15) is 13.2 Å². The van der Waals surface area contributed by atoms with Gasteiger partial charge in [0.2, 0.25) is 0 Å². The number of ether oxygens (including phenoxy) is 1. The molecule has 0 bridgehead atoms. The largest absolute Gasteiger partial charge is 0.485 e. The third-order valence-electron chi connectivity index (χ3n) is 2.66. The van der Waals surface area contributed by atoms with E-state index in [1.807, 2.05) is 0 Å². The highest BCUT2D eigenvalue weighted by Gasteiger charge is 2.29. The van der Waals surface area contributed by atoms with Crippen molar-refractivity contribution in [2.45, 2.75) is 12.8 Å². The molecule has 0 aliphatic carbocycles. The molecule has 2 nitrogen and oxygen atoms in total. The first-order valence-electron chi connectivity index (χ1n) is 5.71. The summed E-state index contributed by atoms with van der Waals surface area (Å²) >= 11 is 5.93. The Balaban J connectivity index is 2.08. The molecule has 20 heavy (non-hydrogen) atoms. The van der Waals surface area contributed by atoms with E-state index in [1.54, 1.807) is 18.2 Å². The van der Waals surface area contributed by atoms with Crippen molar-refractivity contribution >= 4 is 17.3 Å². The summed E-state index contributed by atoms with van der Waals surface area (Å²) in [7, 11) is 0. The summed E-state index contributed by atoms with van der Waals surface area (Å²) in [5.41, 5.74) is 5.99. The Labute approximate surface area is 118 Å². The highest BCUT2D eigenvalue weighted by Crippen LogP contribution is 2.32. The molecule has 0 saturated carbocycles. The van der Waals surface area contributed by atoms with Crippen LogP contribution < -0.4 is 10.5 Å². The lowest BCUT2D eigenvalue weighted by molar-refractivity contribution is -0.137. The maximum atomic E-state index is 12.4. The van der Waals surface area contributed by atoms with Crippen molar-refractivity contribution in [2.75, 3.05) is 5.73 Å². The topological polar surface area (TPSA) is 35.2 Å². The normalized spacial score (nSPS) is 11.4. The Morgan fingerprint density at radius 3 is 2.25 bits per heavy atom. The van der Waals surface area contributed by atoms with Crippen molar-refractivity contribution in [1.29, 1.82) is 0 Å². The van der Waals surface area contributed by atoms with Crippen molar-refractivity contribution in [2.24, 2.45) is 0 Å². The molecule has 0 amide bonds. The molecule has 0 atom stereocenters. The number of para-hydroxylation sites is 1. The van der Waals surface area contributed by atoms with Gasteiger partial charge in [-0.05, 0) is 29.8 Å². The number of alkyl halides is 3. The number of hydrogen-bond donors (Lipinski definition) is 1. The van der Waals surface area contributed by atoms with Gasteiger partial charge in [-0.1, -0.05) is 29.8 Å². The third kappa shape index (κ3) is 3.36. The first-order valence-corrected chi connectivity index (χ1v) is 6.08. The predicted octanol–water partition coefficient (Wildman–Crippen LogP) is 4.52. The average molecular weight is 302 g/mol. The monoisotopic (exact) mass is 301 g/mol. The van der Waals surface area contributed by atoms with Gasteiger partial charge < -0.3 is 10.5 Å². The van der Waals surface area contributed by atoms with Gasteiger partial charge in [0.25, 0.3) is 0 Å². The van der Waals surface area contributed by atoms with E-state index in [1.165, 1.54) is 12.1 Å². The molecule has 6 heteroatoms. The molecule has 2 N–H and O–H groups in total. The fourth-order valence-electron chi connectivity index (χ4n) is 1.62. The van der Waals surface area contributed by atoms with Gasteiger partial charge in [-0.25, -0.2) is 0 Å². The molecule has 0 radical (unpaired) electrons. The Kier molecular flexibility index (Phi) is 4.09. The highest BCUT2D eigenvalue weighted by atomic mass is 35.5. The van der Waals surface area contributed by atoms with E-state index >= 15 is 0 Å². The van der Waals surface area contributed by atoms with Crippen LogP contribution >= 0.6 is 11.6 Å². The van der Waals surface area contributed by atoms with E-state index in [2.05, 4.69) is 0 Å². The second-order valence-electron chi connectivity index (χ2n) is 4.14. The Bertz CT molecular complexity index is 576. The molecular weight excluding hydrogens is 291 g/mol. The summed E-state index contributed by atoms with van der Waals surface area (Å²) < 4.78 is 42.7. The van der Waals surface area contributed by atoms with Gasteiger partial charge in [0.15, 0.2) is 5.75 Å². The van der Waals surface area contributed by atoms with E-state index in [4.69, 9.17) is 22.1 Å². The molecule has 0 saturated heterocycles. The average Bonchev–Trinajstić information content (AvgIpc) is 2.37. The van der Waals surface area contributed by atoms with Gasteiger partial charge in [0.1, 0.15) is 6.61 Å². The van der Waals surface area contributed by atoms with Crippen molar-refractivity contribution < 1.29 is 17.9 Å². The molecule has 0 heterocycles. The van der Waals surface area contributed by atoms with Crippen LogP contribution in [0.5, 0.6) is 5.75 Å². The number of halogens is 4. The van der Waals surface area contributed by atoms with E-state index in [-0.39, 0.29) is 6.61 Å². The van der Waals surface area contributed by atoms with Gasteiger partial charge >= 0.3 is 6.18 Å². The van der Waals surface area contributed by atoms with Gasteiger partial charge in [-0.15, -0.1) is 0 Å². The quantitative estimate of drug-likeness (QED) is 0.846. The van der Waals surface area contributed by atoms with Gasteiger partial charge in [-0.3, -0.25) is 0 Å². The first kappa shape index (κ1) is 14.5. The molecule has 0 aliphatic rings. The maximum absolute atomic E-state index is 12.4. The molecule has 0 fully saturated rings. The van der Waals surface area contributed by atoms with Crippen LogP contribution in [0.15, 0.2) is 42.5 Å². The van der Waals surface area contributed by atoms with E-state index in [0.29, 0.717) is 22.0 Å². The Morgan fingerprint density at radius 2 is 1.70 bits per heavy atom. The predicted molar refractivity (Wildman–Crippen MR) is 71.6 cm³/mol. The highest BCUT2D eigenvalue weighted by molar-refractivity contribution is 6.32. The van der Waals surface area contributed by atoms with Crippen LogP contribution in [0.2, 0.25) is 5.02 Å². The van der Waals surface area contributed by atoms with Crippen molar-refractivity contribution in [3.8, 4) is 5.75 Å². The number of nitrogen functional groups attached to an aromatic ring is 1. The van der Waals surface area contributed by atoms with Crippen LogP contribution in [-0.2, 0) is 12.8 Å². The first-order chi connectivity index (χ1) is 9.38. The fourth-order valence-corrected chi connectivity index (χ4v) is 1.86. The summed E-state index contributed by atoms with van der Waals surface area (Å²) in [4.78, 5) is 0. The minimum absolute atomic E-state index is 0.0894. The van der Waals surface area contributed by atoms with Crippen molar-refractivity contribution in [3.05, 3.63) is 58.6 Å². The van der Waals surface area contributed by atoms with Gasteiger partial charge in [0.05, 0.1) is 16.3 Å². The number of rotatable bonds is 3. The lowest BCUT2D eigenvalue weighted by Gasteiger charge is -2.11. The molecule has 0 aromatic heterocycles. The van der Waals surface area contributed by atoms with E-state index in [0.717, 1.165) is 12.1 Å². The Morgan fingerprint density at radius 1 is 1.05 bits per heavy atom. The summed E-state index contributed by atoms with van der Waals surface area (Å²) in [5.74, 6) is 0.328. The zero-order valence-corrected chi connectivity index (χ0v) is 11.0. The molecule has 0 unspecified atom stereocenters. The second kappa shape index (κ2) is 5.63. The SMILES string of the molecule is Nc1cccc(Cl)c1OCc1ccc(C(F)(F)F)cc1. The summed E-state index contributed by atoms with van der Waals surface area (Å²) in [6.07, 6.45) is -4.34. The maximum Gasteiger partial charge on any atom is 0.416 e. The van der Waals surface area contributed by atoms with Crippen LogP contribution in [0, 0.1) is 0 Å². The number of benzene rings is 2. The number of hydrogen-bond acceptors (Lipinski definition) is 2. The lowest BCUT2D eigenvalue weighted by Crippen LogP contribution is -2.05. The molecular formula is C14H11ClF3NO. The molecule has 2 rings (SSSR count). The van der Waals surface area contributed by atoms with Crippen LogP contribution in [0.25, 0.3) is 0 Å². The minimum atomic E-state index is -4.34. The zero-order valence-electron chi connectivity index (χ0n) is 10.2.